The molecule has 0 aromatic heterocycles. The molecule has 0 aliphatic rings. The molecule has 0 unspecified atom stereocenters. The molecular weight excluding hydrogens is 240 g/mol. The lowest BCUT2D eigenvalue weighted by Gasteiger charge is -2.14. The quantitative estimate of drug-likeness (QED) is 0.633. The molecule has 0 aliphatic carbocycles. The lowest BCUT2D eigenvalue weighted by Crippen LogP contribution is -2.24. The summed E-state index contributed by atoms with van der Waals surface area (Å²) in [6.45, 7) is 8.13. The first kappa shape index (κ1) is 15.2. The van der Waals surface area contributed by atoms with E-state index in [2.05, 4.69) is 24.4 Å². The molecule has 4 nitrogen and oxygen atoms in total. The molecule has 0 heterocycles. The summed E-state index contributed by atoms with van der Waals surface area (Å²) in [6, 6.07) is 6.05. The van der Waals surface area contributed by atoms with Gasteiger partial charge in [0.2, 0.25) is 0 Å². The molecule has 4 heteroatoms. The number of benzene rings is 1. The summed E-state index contributed by atoms with van der Waals surface area (Å²) in [5.74, 6) is 0.877. The van der Waals surface area contributed by atoms with Gasteiger partial charge in [0, 0.05) is 6.21 Å². The van der Waals surface area contributed by atoms with E-state index in [1.54, 1.807) is 6.21 Å². The van der Waals surface area contributed by atoms with Gasteiger partial charge in [-0.15, -0.1) is 0 Å². The van der Waals surface area contributed by atoms with E-state index in [9.17, 15) is 4.79 Å². The second kappa shape index (κ2) is 7.56. The Morgan fingerprint density at radius 3 is 2.84 bits per heavy atom. The minimum Gasteiger partial charge on any atom is -0.483 e. The van der Waals surface area contributed by atoms with Gasteiger partial charge in [0.25, 0.3) is 5.91 Å². The van der Waals surface area contributed by atoms with E-state index < -0.39 is 0 Å². The maximum Gasteiger partial charge on any atom is 0.277 e. The minimum absolute atomic E-state index is 0.0236. The first-order valence-corrected chi connectivity index (χ1v) is 6.58. The number of ether oxygens (including phenoxy) is 1. The van der Waals surface area contributed by atoms with Crippen LogP contribution >= 0.6 is 0 Å². The molecule has 0 saturated carbocycles. The van der Waals surface area contributed by atoms with Gasteiger partial charge in [0.05, 0.1) is 0 Å². The zero-order valence-corrected chi connectivity index (χ0v) is 12.1. The zero-order chi connectivity index (χ0) is 14.3. The van der Waals surface area contributed by atoms with Crippen LogP contribution in [0.25, 0.3) is 0 Å². The highest BCUT2D eigenvalue weighted by Crippen LogP contribution is 2.27. The SMILES string of the molecule is CC/C=N/NC(=O)COc1cc(C)ccc1C(C)C. The Bertz CT molecular complexity index is 453. The lowest BCUT2D eigenvalue weighted by atomic mass is 10.0. The summed E-state index contributed by atoms with van der Waals surface area (Å²) in [5.41, 5.74) is 4.64. The predicted molar refractivity (Wildman–Crippen MR) is 77.7 cm³/mol. The Hall–Kier alpha value is -1.84. The van der Waals surface area contributed by atoms with E-state index in [1.165, 1.54) is 0 Å². The van der Waals surface area contributed by atoms with Crippen LogP contribution in [-0.4, -0.2) is 18.7 Å². The molecule has 1 aromatic rings. The molecule has 0 bridgehead atoms. The van der Waals surface area contributed by atoms with Crippen LogP contribution in [0.15, 0.2) is 23.3 Å². The van der Waals surface area contributed by atoms with E-state index in [1.807, 2.05) is 32.0 Å². The van der Waals surface area contributed by atoms with Crippen LogP contribution < -0.4 is 10.2 Å². The normalized spacial score (nSPS) is 11.0. The molecule has 0 radical (unpaired) electrons. The Morgan fingerprint density at radius 2 is 2.21 bits per heavy atom. The first-order valence-electron chi connectivity index (χ1n) is 6.58. The molecular formula is C15H22N2O2. The number of hydrogen-bond acceptors (Lipinski definition) is 3. The number of nitrogens with one attached hydrogen (secondary N) is 1. The van der Waals surface area contributed by atoms with Crippen molar-refractivity contribution in [3.63, 3.8) is 0 Å². The summed E-state index contributed by atoms with van der Waals surface area (Å²) in [4.78, 5) is 11.5. The molecule has 1 amide bonds. The number of hydrazone groups is 1. The van der Waals surface area contributed by atoms with Crippen LogP contribution in [-0.2, 0) is 4.79 Å². The number of rotatable bonds is 6. The fourth-order valence-electron chi connectivity index (χ4n) is 1.63. The molecule has 1 rings (SSSR count). The Kier molecular flexibility index (Phi) is 6.06. The highest BCUT2D eigenvalue weighted by atomic mass is 16.5. The van der Waals surface area contributed by atoms with Gasteiger partial charge in [0.15, 0.2) is 6.61 Å². The number of carbonyl (C=O) groups is 1. The van der Waals surface area contributed by atoms with Gasteiger partial charge in [-0.1, -0.05) is 32.9 Å². The predicted octanol–water partition coefficient (Wildman–Crippen LogP) is 3.01. The fraction of sp³-hybridized carbons (Fsp3) is 0.467. The van der Waals surface area contributed by atoms with Crippen molar-refractivity contribution in [2.24, 2.45) is 5.10 Å². The molecule has 19 heavy (non-hydrogen) atoms. The zero-order valence-electron chi connectivity index (χ0n) is 12.1. The van der Waals surface area contributed by atoms with Crippen molar-refractivity contribution in [3.8, 4) is 5.75 Å². The Morgan fingerprint density at radius 1 is 1.47 bits per heavy atom. The van der Waals surface area contributed by atoms with Crippen molar-refractivity contribution in [1.82, 2.24) is 5.43 Å². The van der Waals surface area contributed by atoms with Crippen molar-refractivity contribution in [3.05, 3.63) is 29.3 Å². The van der Waals surface area contributed by atoms with Crippen LogP contribution in [0.5, 0.6) is 5.75 Å². The molecule has 0 spiro atoms. The van der Waals surface area contributed by atoms with E-state index in [4.69, 9.17) is 4.74 Å². The average molecular weight is 262 g/mol. The summed E-state index contributed by atoms with van der Waals surface area (Å²) >= 11 is 0. The molecule has 0 atom stereocenters. The van der Waals surface area contributed by atoms with Gasteiger partial charge in [0.1, 0.15) is 5.75 Å². The van der Waals surface area contributed by atoms with Crippen molar-refractivity contribution in [1.29, 1.82) is 0 Å². The molecule has 1 N–H and O–H groups in total. The topological polar surface area (TPSA) is 50.7 Å². The van der Waals surface area contributed by atoms with Crippen molar-refractivity contribution in [2.75, 3.05) is 6.61 Å². The largest absolute Gasteiger partial charge is 0.483 e. The van der Waals surface area contributed by atoms with Gasteiger partial charge in [-0.25, -0.2) is 5.43 Å². The minimum atomic E-state index is -0.249. The number of carbonyl (C=O) groups excluding carboxylic acids is 1. The second-order valence-corrected chi connectivity index (χ2v) is 4.74. The lowest BCUT2D eigenvalue weighted by molar-refractivity contribution is -0.123. The fourth-order valence-corrected chi connectivity index (χ4v) is 1.63. The highest BCUT2D eigenvalue weighted by Gasteiger charge is 2.09. The maximum atomic E-state index is 11.5. The standard InChI is InChI=1S/C15H22N2O2/c1-5-8-16-17-15(18)10-19-14-9-12(4)6-7-13(14)11(2)3/h6-9,11H,5,10H2,1-4H3,(H,17,18)/b16-8+. The number of hydrogen-bond donors (Lipinski definition) is 1. The smallest absolute Gasteiger partial charge is 0.277 e. The van der Waals surface area contributed by atoms with Gasteiger partial charge in [-0.05, 0) is 36.5 Å². The summed E-state index contributed by atoms with van der Waals surface area (Å²) in [7, 11) is 0. The van der Waals surface area contributed by atoms with Crippen molar-refractivity contribution < 1.29 is 9.53 Å². The van der Waals surface area contributed by atoms with E-state index >= 15 is 0 Å². The summed E-state index contributed by atoms with van der Waals surface area (Å²) in [6.07, 6.45) is 2.43. The van der Waals surface area contributed by atoms with Crippen LogP contribution in [0, 0.1) is 6.92 Å². The Labute approximate surface area is 114 Å². The average Bonchev–Trinajstić information content (AvgIpc) is 2.36. The van der Waals surface area contributed by atoms with Crippen LogP contribution in [0.3, 0.4) is 0 Å². The highest BCUT2D eigenvalue weighted by molar-refractivity contribution is 5.78. The van der Waals surface area contributed by atoms with Crippen LogP contribution in [0.4, 0.5) is 0 Å². The molecule has 104 valence electrons. The third-order valence-electron chi connectivity index (χ3n) is 2.61. The van der Waals surface area contributed by atoms with Crippen molar-refractivity contribution in [2.45, 2.75) is 40.0 Å². The number of nitrogens with zero attached hydrogens (tertiary/aromatic N) is 1. The maximum absolute atomic E-state index is 11.5. The van der Waals surface area contributed by atoms with Crippen LogP contribution in [0.1, 0.15) is 44.2 Å². The summed E-state index contributed by atoms with van der Waals surface area (Å²) in [5, 5.41) is 3.77. The van der Waals surface area contributed by atoms with Gasteiger partial charge < -0.3 is 4.74 Å². The molecule has 0 saturated heterocycles. The van der Waals surface area contributed by atoms with Crippen molar-refractivity contribution >= 4 is 12.1 Å². The monoisotopic (exact) mass is 262 g/mol. The third-order valence-corrected chi connectivity index (χ3v) is 2.61. The number of amides is 1. The first-order chi connectivity index (χ1) is 9.04. The van der Waals surface area contributed by atoms with E-state index in [-0.39, 0.29) is 12.5 Å². The molecule has 0 fully saturated rings. The van der Waals surface area contributed by atoms with Gasteiger partial charge in [-0.2, -0.15) is 5.10 Å². The summed E-state index contributed by atoms with van der Waals surface area (Å²) < 4.78 is 5.59. The van der Waals surface area contributed by atoms with Gasteiger partial charge in [-0.3, -0.25) is 4.79 Å². The van der Waals surface area contributed by atoms with E-state index in [0.29, 0.717) is 5.92 Å². The second-order valence-electron chi connectivity index (χ2n) is 4.74. The van der Waals surface area contributed by atoms with E-state index in [0.717, 1.165) is 23.3 Å². The molecule has 1 aromatic carbocycles. The third kappa shape index (κ3) is 5.12. The number of aryl methyl sites for hydroxylation is 1. The molecule has 0 aliphatic heterocycles. The van der Waals surface area contributed by atoms with Gasteiger partial charge >= 0.3 is 0 Å². The van der Waals surface area contributed by atoms with Crippen LogP contribution in [0.2, 0.25) is 0 Å². The Balaban J connectivity index is 2.64.